The number of carbonyl (C=O) groups is 1. The minimum absolute atomic E-state index is 0.233. The molecule has 0 aliphatic rings. The van der Waals surface area contributed by atoms with Crippen molar-refractivity contribution >= 4 is 45.3 Å². The number of para-hydroxylation sites is 1. The summed E-state index contributed by atoms with van der Waals surface area (Å²) in [6.45, 7) is 0. The van der Waals surface area contributed by atoms with Crippen molar-refractivity contribution in [1.82, 2.24) is 4.98 Å². The number of ketones is 1. The van der Waals surface area contributed by atoms with Gasteiger partial charge in [0.2, 0.25) is 5.78 Å². The number of hydrogen-bond donors (Lipinski definition) is 0. The first-order valence-corrected chi connectivity index (χ1v) is 8.37. The summed E-state index contributed by atoms with van der Waals surface area (Å²) in [5.41, 5.74) is 2.09. The van der Waals surface area contributed by atoms with Crippen molar-refractivity contribution in [3.63, 3.8) is 0 Å². The Balaban J connectivity index is 1.66. The minimum atomic E-state index is -0.233. The summed E-state index contributed by atoms with van der Waals surface area (Å²) in [6.07, 6.45) is 3.08. The number of methoxy groups -OCH3 is 1. The van der Waals surface area contributed by atoms with Crippen LogP contribution in [0.25, 0.3) is 27.9 Å². The number of aromatic nitrogens is 1. The number of furan rings is 1. The summed E-state index contributed by atoms with van der Waals surface area (Å²) in [4.78, 5) is 16.8. The average molecular weight is 364 g/mol. The lowest BCUT2D eigenvalue weighted by molar-refractivity contribution is 0.102. The molecule has 0 saturated heterocycles. The van der Waals surface area contributed by atoms with Crippen LogP contribution in [0, 0.1) is 0 Å². The molecule has 0 atom stereocenters. The maximum atomic E-state index is 12.4. The number of fused-ring (bicyclic) bond motifs is 2. The summed E-state index contributed by atoms with van der Waals surface area (Å²) in [7, 11) is 1.61. The molecule has 0 amide bonds. The Morgan fingerprint density at radius 3 is 2.77 bits per heavy atom. The lowest BCUT2D eigenvalue weighted by Gasteiger charge is -2.04. The number of carbonyl (C=O) groups excluding carboxylic acids is 1. The standard InChI is InChI=1S/C21H14ClNO3/c1-25-16-7-8-17-15(11-16)10-14(21(22)23-17)6-9-18(24)20-12-13-4-2-3-5-19(13)26-20/h2-12H,1H3/b9-6+. The predicted molar refractivity (Wildman–Crippen MR) is 103 cm³/mol. The lowest BCUT2D eigenvalue weighted by Crippen LogP contribution is -1.91. The molecule has 0 aliphatic heterocycles. The number of nitrogens with zero attached hydrogens (tertiary/aromatic N) is 1. The summed E-state index contributed by atoms with van der Waals surface area (Å²) in [5.74, 6) is 0.784. The van der Waals surface area contributed by atoms with Gasteiger partial charge in [-0.3, -0.25) is 4.79 Å². The van der Waals surface area contributed by atoms with Gasteiger partial charge in [0.25, 0.3) is 0 Å². The number of rotatable bonds is 4. The molecule has 0 spiro atoms. The molecule has 5 heteroatoms. The maximum Gasteiger partial charge on any atom is 0.221 e. The molecule has 0 unspecified atom stereocenters. The van der Waals surface area contributed by atoms with Crippen molar-refractivity contribution in [3.8, 4) is 5.75 Å². The summed E-state index contributed by atoms with van der Waals surface area (Å²) < 4.78 is 10.8. The third kappa shape index (κ3) is 3.07. The van der Waals surface area contributed by atoms with E-state index in [0.29, 0.717) is 16.3 Å². The van der Waals surface area contributed by atoms with Crippen LogP contribution < -0.4 is 4.74 Å². The maximum absolute atomic E-state index is 12.4. The molecular formula is C21H14ClNO3. The molecular weight excluding hydrogens is 350 g/mol. The van der Waals surface area contributed by atoms with E-state index >= 15 is 0 Å². The molecule has 0 bridgehead atoms. The van der Waals surface area contributed by atoms with Crippen LogP contribution in [0.15, 0.2) is 65.1 Å². The van der Waals surface area contributed by atoms with Crippen molar-refractivity contribution in [2.45, 2.75) is 0 Å². The Morgan fingerprint density at radius 2 is 1.96 bits per heavy atom. The largest absolute Gasteiger partial charge is 0.497 e. The van der Waals surface area contributed by atoms with Crippen LogP contribution in [0.2, 0.25) is 5.15 Å². The van der Waals surface area contributed by atoms with Crippen molar-refractivity contribution in [1.29, 1.82) is 0 Å². The third-order valence-corrected chi connectivity index (χ3v) is 4.39. The van der Waals surface area contributed by atoms with Gasteiger partial charge in [-0.15, -0.1) is 0 Å². The first-order chi connectivity index (χ1) is 12.6. The van der Waals surface area contributed by atoms with Gasteiger partial charge in [-0.05, 0) is 48.6 Å². The second-order valence-electron chi connectivity index (χ2n) is 5.77. The van der Waals surface area contributed by atoms with Crippen LogP contribution in [-0.4, -0.2) is 17.9 Å². The highest BCUT2D eigenvalue weighted by atomic mass is 35.5. The molecule has 4 nitrogen and oxygen atoms in total. The van der Waals surface area contributed by atoms with Crippen molar-refractivity contribution in [2.24, 2.45) is 0 Å². The van der Waals surface area contributed by atoms with E-state index in [1.165, 1.54) is 6.08 Å². The van der Waals surface area contributed by atoms with Crippen LogP contribution in [0.5, 0.6) is 5.75 Å². The van der Waals surface area contributed by atoms with Gasteiger partial charge < -0.3 is 9.15 Å². The highest BCUT2D eigenvalue weighted by Crippen LogP contribution is 2.25. The zero-order valence-corrected chi connectivity index (χ0v) is 14.7. The van der Waals surface area contributed by atoms with E-state index in [2.05, 4.69) is 4.98 Å². The average Bonchev–Trinajstić information content (AvgIpc) is 3.10. The zero-order chi connectivity index (χ0) is 18.1. The van der Waals surface area contributed by atoms with Crippen molar-refractivity contribution < 1.29 is 13.9 Å². The summed E-state index contributed by atoms with van der Waals surface area (Å²) in [5, 5.41) is 2.10. The van der Waals surface area contributed by atoms with E-state index in [0.717, 1.165) is 22.0 Å². The predicted octanol–water partition coefficient (Wildman–Crippen LogP) is 5.54. The van der Waals surface area contributed by atoms with Gasteiger partial charge in [0.05, 0.1) is 12.6 Å². The molecule has 128 valence electrons. The molecule has 2 aromatic carbocycles. The van der Waals surface area contributed by atoms with E-state index in [1.807, 2.05) is 48.5 Å². The number of halogens is 1. The van der Waals surface area contributed by atoms with Gasteiger partial charge in [-0.2, -0.15) is 0 Å². The molecule has 26 heavy (non-hydrogen) atoms. The topological polar surface area (TPSA) is 52.3 Å². The van der Waals surface area contributed by atoms with Crippen molar-refractivity contribution in [3.05, 3.63) is 77.2 Å². The van der Waals surface area contributed by atoms with Gasteiger partial charge in [-0.1, -0.05) is 29.8 Å². The molecule has 4 aromatic rings. The summed E-state index contributed by atoms with van der Waals surface area (Å²) >= 11 is 6.24. The SMILES string of the molecule is COc1ccc2nc(Cl)c(/C=C/C(=O)c3cc4ccccc4o3)cc2c1. The van der Waals surface area contributed by atoms with Crippen LogP contribution in [0.3, 0.4) is 0 Å². The van der Waals surface area contributed by atoms with Gasteiger partial charge in [-0.25, -0.2) is 4.98 Å². The fourth-order valence-electron chi connectivity index (χ4n) is 2.74. The van der Waals surface area contributed by atoms with Gasteiger partial charge >= 0.3 is 0 Å². The molecule has 0 aliphatic carbocycles. The molecule has 0 saturated carbocycles. The van der Waals surface area contributed by atoms with Gasteiger partial charge in [0.15, 0.2) is 5.76 Å². The van der Waals surface area contributed by atoms with Crippen LogP contribution in [0.1, 0.15) is 16.1 Å². The monoisotopic (exact) mass is 363 g/mol. The number of allylic oxidation sites excluding steroid dienone is 1. The Kier molecular flexibility index (Phi) is 4.19. The Morgan fingerprint density at radius 1 is 1.12 bits per heavy atom. The Labute approximate surface area is 154 Å². The second-order valence-corrected chi connectivity index (χ2v) is 6.13. The molecule has 0 fully saturated rings. The van der Waals surface area contributed by atoms with Crippen LogP contribution >= 0.6 is 11.6 Å². The van der Waals surface area contributed by atoms with Gasteiger partial charge in [0, 0.05) is 16.3 Å². The highest BCUT2D eigenvalue weighted by Gasteiger charge is 2.10. The normalized spacial score (nSPS) is 11.5. The number of pyridine rings is 1. The molecule has 0 N–H and O–H groups in total. The number of hydrogen-bond acceptors (Lipinski definition) is 4. The highest BCUT2D eigenvalue weighted by molar-refractivity contribution is 6.31. The quantitative estimate of drug-likeness (QED) is 0.271. The smallest absolute Gasteiger partial charge is 0.221 e. The third-order valence-electron chi connectivity index (χ3n) is 4.09. The number of benzene rings is 2. The molecule has 4 rings (SSSR count). The van der Waals surface area contributed by atoms with E-state index in [9.17, 15) is 4.79 Å². The summed E-state index contributed by atoms with van der Waals surface area (Å²) in [6, 6.07) is 16.6. The van der Waals surface area contributed by atoms with E-state index in [4.69, 9.17) is 20.8 Å². The minimum Gasteiger partial charge on any atom is -0.497 e. The van der Waals surface area contributed by atoms with Crippen molar-refractivity contribution in [2.75, 3.05) is 7.11 Å². The molecule has 2 aromatic heterocycles. The van der Waals surface area contributed by atoms with E-state index < -0.39 is 0 Å². The molecule has 2 heterocycles. The fraction of sp³-hybridized carbons (Fsp3) is 0.0476. The lowest BCUT2D eigenvalue weighted by atomic mass is 10.1. The van der Waals surface area contributed by atoms with Crippen LogP contribution in [-0.2, 0) is 0 Å². The fourth-order valence-corrected chi connectivity index (χ4v) is 2.95. The van der Waals surface area contributed by atoms with E-state index in [-0.39, 0.29) is 11.5 Å². The zero-order valence-electron chi connectivity index (χ0n) is 13.9. The van der Waals surface area contributed by atoms with Gasteiger partial charge in [0.1, 0.15) is 16.5 Å². The first-order valence-electron chi connectivity index (χ1n) is 7.99. The Bertz CT molecular complexity index is 1130. The second kappa shape index (κ2) is 6.65. The first kappa shape index (κ1) is 16.4. The Hall–Kier alpha value is -3.11. The van der Waals surface area contributed by atoms with Crippen LogP contribution in [0.4, 0.5) is 0 Å². The number of ether oxygens (including phenoxy) is 1. The van der Waals surface area contributed by atoms with E-state index in [1.54, 1.807) is 19.3 Å². The molecule has 0 radical (unpaired) electrons.